The molecule has 19 heavy (non-hydrogen) atoms. The van der Waals surface area contributed by atoms with E-state index in [1.807, 2.05) is 0 Å². The lowest BCUT2D eigenvalue weighted by Crippen LogP contribution is -2.49. The number of carbonyl (C=O) groups is 2. The van der Waals surface area contributed by atoms with Crippen LogP contribution in [0.1, 0.15) is 12.8 Å². The van der Waals surface area contributed by atoms with Gasteiger partial charge in [-0.1, -0.05) is 0 Å². The molecule has 1 unspecified atom stereocenters. The highest BCUT2D eigenvalue weighted by Crippen LogP contribution is 2.15. The number of carboxylic acids is 1. The van der Waals surface area contributed by atoms with Gasteiger partial charge < -0.3 is 15.3 Å². The van der Waals surface area contributed by atoms with Gasteiger partial charge in [0.1, 0.15) is 6.17 Å². The molecule has 2 N–H and O–H groups in total. The molecule has 9 heteroatoms. The van der Waals surface area contributed by atoms with Gasteiger partial charge in [-0.3, -0.25) is 4.79 Å². The number of alkyl halides is 4. The molecule has 0 aromatic carbocycles. The molecule has 0 saturated carbocycles. The molecule has 0 aromatic rings. The third kappa shape index (κ3) is 4.66. The van der Waals surface area contributed by atoms with E-state index in [4.69, 9.17) is 9.90 Å². The normalized spacial score (nSPS) is 26.2. The number of nitrogens with one attached hydrogen (secondary N) is 1. The lowest BCUT2D eigenvalue weighted by atomic mass is 10.1. The van der Waals surface area contributed by atoms with Crippen LogP contribution >= 0.6 is 0 Å². The molecular formula is C10H14F4N2O3. The van der Waals surface area contributed by atoms with Crippen molar-refractivity contribution in [2.24, 2.45) is 0 Å². The maximum absolute atomic E-state index is 12.7. The Hall–Kier alpha value is -1.38. The van der Waals surface area contributed by atoms with Crippen molar-refractivity contribution in [1.82, 2.24) is 10.2 Å². The largest absolute Gasteiger partial charge is 0.490 e. The summed E-state index contributed by atoms with van der Waals surface area (Å²) in [5.41, 5.74) is 0. The highest BCUT2D eigenvalue weighted by molar-refractivity contribution is 5.82. The van der Waals surface area contributed by atoms with Crippen molar-refractivity contribution in [3.63, 3.8) is 0 Å². The first-order valence-corrected chi connectivity index (χ1v) is 5.68. The predicted octanol–water partition coefficient (Wildman–Crippen LogP) is 0.552. The van der Waals surface area contributed by atoms with Crippen LogP contribution in [0, 0.1) is 0 Å². The Bertz CT molecular complexity index is 344. The van der Waals surface area contributed by atoms with Crippen LogP contribution in [0.5, 0.6) is 0 Å². The zero-order chi connectivity index (χ0) is 14.6. The number of rotatable bonds is 1. The van der Waals surface area contributed by atoms with E-state index in [2.05, 4.69) is 5.32 Å². The number of carboxylic acid groups (broad SMARTS) is 1. The van der Waals surface area contributed by atoms with E-state index in [1.54, 1.807) is 4.90 Å². The van der Waals surface area contributed by atoms with Gasteiger partial charge in [-0.15, -0.1) is 0 Å². The first kappa shape index (κ1) is 15.7. The Morgan fingerprint density at radius 2 is 1.79 bits per heavy atom. The number of halogens is 4. The Kier molecular flexibility index (Phi) is 5.10. The smallest absolute Gasteiger partial charge is 0.475 e. The fourth-order valence-electron chi connectivity index (χ4n) is 1.64. The van der Waals surface area contributed by atoms with Crippen molar-refractivity contribution in [1.29, 1.82) is 0 Å². The molecule has 2 fully saturated rings. The minimum atomic E-state index is -5.08. The van der Waals surface area contributed by atoms with Crippen molar-refractivity contribution in [3.8, 4) is 0 Å². The number of carbonyl (C=O) groups excluding carboxylic acids is 1. The van der Waals surface area contributed by atoms with Crippen molar-refractivity contribution in [2.45, 2.75) is 31.2 Å². The third-order valence-corrected chi connectivity index (χ3v) is 2.79. The molecule has 0 bridgehead atoms. The van der Waals surface area contributed by atoms with Gasteiger partial charge >= 0.3 is 12.1 Å². The molecule has 2 saturated heterocycles. The molecule has 2 rings (SSSR count). The van der Waals surface area contributed by atoms with Crippen molar-refractivity contribution >= 4 is 11.9 Å². The SMILES string of the molecule is O=C(O)C(F)(F)F.O=C([C@@H]1CC(F)CN1)N1CCC1. The summed E-state index contributed by atoms with van der Waals surface area (Å²) in [6.07, 6.45) is -4.47. The molecule has 110 valence electrons. The van der Waals surface area contributed by atoms with Gasteiger partial charge in [0.25, 0.3) is 0 Å². The number of likely N-dealkylation sites (tertiary alicyclic amines) is 1. The van der Waals surface area contributed by atoms with Crippen LogP contribution in [-0.4, -0.2) is 59.9 Å². The molecule has 0 aromatic heterocycles. The number of amides is 1. The van der Waals surface area contributed by atoms with Crippen molar-refractivity contribution in [2.75, 3.05) is 19.6 Å². The fraction of sp³-hybridized carbons (Fsp3) is 0.800. The van der Waals surface area contributed by atoms with E-state index in [0.717, 1.165) is 19.5 Å². The van der Waals surface area contributed by atoms with Crippen LogP contribution in [-0.2, 0) is 9.59 Å². The predicted molar refractivity (Wildman–Crippen MR) is 56.2 cm³/mol. The van der Waals surface area contributed by atoms with Gasteiger partial charge in [0, 0.05) is 26.1 Å². The van der Waals surface area contributed by atoms with Gasteiger partial charge in [-0.2, -0.15) is 13.2 Å². The average molecular weight is 286 g/mol. The molecule has 2 heterocycles. The third-order valence-electron chi connectivity index (χ3n) is 2.79. The summed E-state index contributed by atoms with van der Waals surface area (Å²) in [5.74, 6) is -2.67. The average Bonchev–Trinajstić information content (AvgIpc) is 2.61. The molecular weight excluding hydrogens is 272 g/mol. The van der Waals surface area contributed by atoms with Gasteiger partial charge in [-0.25, -0.2) is 9.18 Å². The minimum Gasteiger partial charge on any atom is -0.475 e. The van der Waals surface area contributed by atoms with E-state index in [0.29, 0.717) is 13.0 Å². The standard InChI is InChI=1S/C8H13FN2O.C2HF3O2/c9-6-4-7(10-5-6)8(12)11-2-1-3-11;3-2(4,5)1(6)7/h6-7,10H,1-5H2;(H,6,7)/t6?,7-;/m0./s1. The summed E-state index contributed by atoms with van der Waals surface area (Å²) in [6.45, 7) is 2.05. The lowest BCUT2D eigenvalue weighted by molar-refractivity contribution is -0.192. The molecule has 1 amide bonds. The molecule has 2 aliphatic rings. The van der Waals surface area contributed by atoms with Crippen LogP contribution in [0.25, 0.3) is 0 Å². The number of hydrogen-bond donors (Lipinski definition) is 2. The molecule has 2 aliphatic heterocycles. The summed E-state index contributed by atoms with van der Waals surface area (Å²) in [7, 11) is 0. The molecule has 0 spiro atoms. The molecule has 2 atom stereocenters. The van der Waals surface area contributed by atoms with Crippen LogP contribution in [0.3, 0.4) is 0 Å². The van der Waals surface area contributed by atoms with Crippen LogP contribution < -0.4 is 5.32 Å². The second-order valence-corrected chi connectivity index (χ2v) is 4.28. The number of hydrogen-bond acceptors (Lipinski definition) is 3. The Balaban J connectivity index is 0.000000224. The number of nitrogens with zero attached hydrogens (tertiary/aromatic N) is 1. The lowest BCUT2D eigenvalue weighted by Gasteiger charge is -2.33. The zero-order valence-corrected chi connectivity index (χ0v) is 9.91. The molecule has 0 radical (unpaired) electrons. The highest BCUT2D eigenvalue weighted by Gasteiger charge is 2.38. The highest BCUT2D eigenvalue weighted by atomic mass is 19.4. The number of aliphatic carboxylic acids is 1. The van der Waals surface area contributed by atoms with Crippen LogP contribution in [0.4, 0.5) is 17.6 Å². The second-order valence-electron chi connectivity index (χ2n) is 4.28. The van der Waals surface area contributed by atoms with E-state index in [1.165, 1.54) is 0 Å². The first-order chi connectivity index (χ1) is 8.71. The van der Waals surface area contributed by atoms with Gasteiger partial charge in [0.2, 0.25) is 5.91 Å². The summed E-state index contributed by atoms with van der Waals surface area (Å²) in [5, 5.41) is 10.0. The Morgan fingerprint density at radius 3 is 2.05 bits per heavy atom. The Morgan fingerprint density at radius 1 is 1.26 bits per heavy atom. The minimum absolute atomic E-state index is 0.0846. The van der Waals surface area contributed by atoms with E-state index in [-0.39, 0.29) is 11.9 Å². The van der Waals surface area contributed by atoms with Crippen LogP contribution in [0.2, 0.25) is 0 Å². The fourth-order valence-corrected chi connectivity index (χ4v) is 1.64. The van der Waals surface area contributed by atoms with Crippen molar-refractivity contribution in [3.05, 3.63) is 0 Å². The quantitative estimate of drug-likeness (QED) is 0.691. The monoisotopic (exact) mass is 286 g/mol. The zero-order valence-electron chi connectivity index (χ0n) is 9.91. The van der Waals surface area contributed by atoms with E-state index in [9.17, 15) is 22.4 Å². The summed E-state index contributed by atoms with van der Waals surface area (Å²) >= 11 is 0. The summed E-state index contributed by atoms with van der Waals surface area (Å²) < 4.78 is 44.4. The summed E-state index contributed by atoms with van der Waals surface area (Å²) in [4.78, 5) is 22.2. The Labute approximate surface area is 106 Å². The van der Waals surface area contributed by atoms with E-state index >= 15 is 0 Å². The van der Waals surface area contributed by atoms with Crippen LogP contribution in [0.15, 0.2) is 0 Å². The topological polar surface area (TPSA) is 69.6 Å². The molecule has 5 nitrogen and oxygen atoms in total. The van der Waals surface area contributed by atoms with Crippen molar-refractivity contribution < 1.29 is 32.3 Å². The van der Waals surface area contributed by atoms with E-state index < -0.39 is 18.3 Å². The second kappa shape index (κ2) is 6.18. The summed E-state index contributed by atoms with van der Waals surface area (Å²) in [6, 6.07) is -0.250. The maximum Gasteiger partial charge on any atom is 0.490 e. The molecule has 0 aliphatic carbocycles. The van der Waals surface area contributed by atoms with Gasteiger partial charge in [-0.05, 0) is 6.42 Å². The van der Waals surface area contributed by atoms with Gasteiger partial charge in [0.15, 0.2) is 0 Å². The maximum atomic E-state index is 12.7. The van der Waals surface area contributed by atoms with Gasteiger partial charge in [0.05, 0.1) is 6.04 Å². The first-order valence-electron chi connectivity index (χ1n) is 5.68.